The first-order valence-electron chi connectivity index (χ1n) is 6.32. The smallest absolute Gasteiger partial charge is 0.105 e. The van der Waals surface area contributed by atoms with Crippen LogP contribution in [0.4, 0.5) is 0 Å². The van der Waals surface area contributed by atoms with Gasteiger partial charge >= 0.3 is 0 Å². The molecule has 2 unspecified atom stereocenters. The second-order valence-corrected chi connectivity index (χ2v) is 5.78. The zero-order valence-electron chi connectivity index (χ0n) is 11.4. The lowest BCUT2D eigenvalue weighted by molar-refractivity contribution is 0.186. The lowest BCUT2D eigenvalue weighted by Crippen LogP contribution is -2.46. The number of aliphatic hydroxyl groups is 1. The van der Waals surface area contributed by atoms with Crippen molar-refractivity contribution in [2.75, 3.05) is 6.61 Å². The molecule has 2 N–H and O–H groups in total. The van der Waals surface area contributed by atoms with Crippen LogP contribution in [0.3, 0.4) is 0 Å². The molecule has 0 aromatic carbocycles. The number of furan rings is 1. The Hall–Kier alpha value is -0.800. The second kappa shape index (κ2) is 6.22. The molecule has 0 spiro atoms. The van der Waals surface area contributed by atoms with Gasteiger partial charge in [0, 0.05) is 25.1 Å². The van der Waals surface area contributed by atoms with Crippen LogP contribution < -0.4 is 5.32 Å². The van der Waals surface area contributed by atoms with Gasteiger partial charge in [-0.1, -0.05) is 20.8 Å². The Morgan fingerprint density at radius 2 is 2.12 bits per heavy atom. The molecular formula is C14H25NO2. The average molecular weight is 239 g/mol. The lowest BCUT2D eigenvalue weighted by atomic mass is 9.84. The summed E-state index contributed by atoms with van der Waals surface area (Å²) in [5.74, 6) is 1.00. The van der Waals surface area contributed by atoms with Crippen molar-refractivity contribution in [3.8, 4) is 0 Å². The van der Waals surface area contributed by atoms with Crippen LogP contribution in [-0.4, -0.2) is 23.8 Å². The molecule has 0 amide bonds. The van der Waals surface area contributed by atoms with E-state index in [1.54, 1.807) is 6.26 Å². The molecule has 0 radical (unpaired) electrons. The van der Waals surface area contributed by atoms with Crippen molar-refractivity contribution in [2.24, 2.45) is 5.41 Å². The third-order valence-electron chi connectivity index (χ3n) is 3.04. The van der Waals surface area contributed by atoms with Gasteiger partial charge < -0.3 is 14.8 Å². The Morgan fingerprint density at radius 1 is 1.41 bits per heavy atom. The van der Waals surface area contributed by atoms with Gasteiger partial charge in [-0.15, -0.1) is 0 Å². The number of nitrogens with one attached hydrogen (secondary N) is 1. The van der Waals surface area contributed by atoms with Gasteiger partial charge in [0.1, 0.15) is 5.76 Å². The van der Waals surface area contributed by atoms with Crippen LogP contribution in [0.5, 0.6) is 0 Å². The van der Waals surface area contributed by atoms with Crippen molar-refractivity contribution in [1.29, 1.82) is 0 Å². The van der Waals surface area contributed by atoms with E-state index in [0.29, 0.717) is 12.1 Å². The minimum atomic E-state index is 0.153. The Balaban J connectivity index is 2.49. The van der Waals surface area contributed by atoms with Gasteiger partial charge in [-0.05, 0) is 30.9 Å². The van der Waals surface area contributed by atoms with E-state index < -0.39 is 0 Å². The molecule has 1 aromatic heterocycles. The minimum Gasteiger partial charge on any atom is -0.469 e. The van der Waals surface area contributed by atoms with Gasteiger partial charge in [0.15, 0.2) is 0 Å². The normalized spacial score (nSPS) is 15.8. The Morgan fingerprint density at radius 3 is 2.59 bits per heavy atom. The van der Waals surface area contributed by atoms with Crippen molar-refractivity contribution in [3.63, 3.8) is 0 Å². The van der Waals surface area contributed by atoms with Gasteiger partial charge in [-0.2, -0.15) is 0 Å². The molecule has 3 nitrogen and oxygen atoms in total. The molecule has 3 heteroatoms. The van der Waals surface area contributed by atoms with E-state index in [4.69, 9.17) is 9.52 Å². The quantitative estimate of drug-likeness (QED) is 0.802. The maximum absolute atomic E-state index is 9.11. The molecule has 1 aromatic rings. The van der Waals surface area contributed by atoms with Gasteiger partial charge in [0.25, 0.3) is 0 Å². The zero-order valence-corrected chi connectivity index (χ0v) is 11.4. The molecule has 0 aliphatic rings. The molecule has 0 aliphatic carbocycles. The topological polar surface area (TPSA) is 45.4 Å². The van der Waals surface area contributed by atoms with E-state index in [0.717, 1.165) is 18.6 Å². The van der Waals surface area contributed by atoms with Crippen LogP contribution in [-0.2, 0) is 6.42 Å². The number of hydrogen-bond acceptors (Lipinski definition) is 3. The molecule has 1 heterocycles. The Bertz CT molecular complexity index is 301. The highest BCUT2D eigenvalue weighted by molar-refractivity contribution is 5.00. The molecule has 0 aliphatic heterocycles. The van der Waals surface area contributed by atoms with Crippen LogP contribution in [0.15, 0.2) is 22.8 Å². The fourth-order valence-corrected chi connectivity index (χ4v) is 2.03. The molecule has 0 saturated carbocycles. The predicted octanol–water partition coefficient (Wildman–Crippen LogP) is 2.60. The molecule has 0 bridgehead atoms. The predicted molar refractivity (Wildman–Crippen MR) is 70.0 cm³/mol. The monoisotopic (exact) mass is 239 g/mol. The first-order chi connectivity index (χ1) is 7.93. The fourth-order valence-electron chi connectivity index (χ4n) is 2.03. The number of hydrogen-bond donors (Lipinski definition) is 2. The standard InChI is InChI=1S/C14H25NO2/c1-11(10-12-6-5-9-17-12)15-13(7-8-16)14(2,3)4/h5-6,9,11,13,15-16H,7-8,10H2,1-4H3. The van der Waals surface area contributed by atoms with Crippen molar-refractivity contribution in [3.05, 3.63) is 24.2 Å². The van der Waals surface area contributed by atoms with Crippen LogP contribution >= 0.6 is 0 Å². The lowest BCUT2D eigenvalue weighted by Gasteiger charge is -2.33. The summed E-state index contributed by atoms with van der Waals surface area (Å²) in [6.07, 6.45) is 3.37. The first kappa shape index (κ1) is 14.3. The van der Waals surface area contributed by atoms with E-state index in [9.17, 15) is 0 Å². The summed E-state index contributed by atoms with van der Waals surface area (Å²) in [5.41, 5.74) is 0.153. The Kier molecular flexibility index (Phi) is 5.22. The average Bonchev–Trinajstić information content (AvgIpc) is 2.68. The largest absolute Gasteiger partial charge is 0.469 e. The highest BCUT2D eigenvalue weighted by Crippen LogP contribution is 2.22. The van der Waals surface area contributed by atoms with Crippen LogP contribution in [0.1, 0.15) is 39.9 Å². The van der Waals surface area contributed by atoms with Crippen LogP contribution in [0.2, 0.25) is 0 Å². The summed E-state index contributed by atoms with van der Waals surface area (Å²) in [6.45, 7) is 8.96. The van der Waals surface area contributed by atoms with E-state index in [-0.39, 0.29) is 12.0 Å². The molecule has 98 valence electrons. The maximum atomic E-state index is 9.11. The summed E-state index contributed by atoms with van der Waals surface area (Å²) >= 11 is 0. The summed E-state index contributed by atoms with van der Waals surface area (Å²) < 4.78 is 5.34. The summed E-state index contributed by atoms with van der Waals surface area (Å²) in [7, 11) is 0. The fraction of sp³-hybridized carbons (Fsp3) is 0.714. The van der Waals surface area contributed by atoms with Gasteiger partial charge in [-0.25, -0.2) is 0 Å². The van der Waals surface area contributed by atoms with Crippen LogP contribution in [0, 0.1) is 5.41 Å². The summed E-state index contributed by atoms with van der Waals surface area (Å²) in [5, 5.41) is 12.7. The molecule has 0 saturated heterocycles. The second-order valence-electron chi connectivity index (χ2n) is 5.78. The third-order valence-corrected chi connectivity index (χ3v) is 3.04. The summed E-state index contributed by atoms with van der Waals surface area (Å²) in [4.78, 5) is 0. The van der Waals surface area contributed by atoms with E-state index in [1.807, 2.05) is 12.1 Å². The molecular weight excluding hydrogens is 214 g/mol. The SMILES string of the molecule is CC(Cc1ccco1)NC(CCO)C(C)(C)C. The van der Waals surface area contributed by atoms with E-state index in [1.165, 1.54) is 0 Å². The molecule has 17 heavy (non-hydrogen) atoms. The van der Waals surface area contributed by atoms with Gasteiger partial charge in [-0.3, -0.25) is 0 Å². The third kappa shape index (κ3) is 4.92. The highest BCUT2D eigenvalue weighted by atomic mass is 16.3. The van der Waals surface area contributed by atoms with Gasteiger partial charge in [0.2, 0.25) is 0 Å². The Labute approximate surface area is 104 Å². The highest BCUT2D eigenvalue weighted by Gasteiger charge is 2.25. The van der Waals surface area contributed by atoms with Crippen molar-refractivity contribution in [1.82, 2.24) is 5.32 Å². The van der Waals surface area contributed by atoms with Crippen LogP contribution in [0.25, 0.3) is 0 Å². The minimum absolute atomic E-state index is 0.153. The number of aliphatic hydroxyl groups excluding tert-OH is 1. The molecule has 0 fully saturated rings. The molecule has 2 atom stereocenters. The van der Waals surface area contributed by atoms with Crippen molar-refractivity contribution in [2.45, 2.75) is 52.6 Å². The number of rotatable bonds is 6. The summed E-state index contributed by atoms with van der Waals surface area (Å²) in [6, 6.07) is 4.57. The van der Waals surface area contributed by atoms with E-state index >= 15 is 0 Å². The first-order valence-corrected chi connectivity index (χ1v) is 6.32. The molecule has 1 rings (SSSR count). The van der Waals surface area contributed by atoms with Crippen molar-refractivity contribution < 1.29 is 9.52 Å². The van der Waals surface area contributed by atoms with Gasteiger partial charge in [0.05, 0.1) is 6.26 Å². The van der Waals surface area contributed by atoms with Crippen molar-refractivity contribution >= 4 is 0 Å². The maximum Gasteiger partial charge on any atom is 0.105 e. The zero-order chi connectivity index (χ0) is 12.9. The van der Waals surface area contributed by atoms with E-state index in [2.05, 4.69) is 33.0 Å².